The predicted molar refractivity (Wildman–Crippen MR) is 197 cm³/mol. The maximum absolute atomic E-state index is 16.1. The van der Waals surface area contributed by atoms with E-state index in [9.17, 15) is 19.2 Å². The third kappa shape index (κ3) is 8.45. The van der Waals surface area contributed by atoms with Gasteiger partial charge in [0.05, 0.1) is 24.6 Å². The van der Waals surface area contributed by atoms with Gasteiger partial charge in [-0.2, -0.15) is 8.78 Å². The molecule has 53 heavy (non-hydrogen) atoms. The summed E-state index contributed by atoms with van der Waals surface area (Å²) in [6, 6.07) is 4.43. The molecule has 1 aromatic carbocycles. The van der Waals surface area contributed by atoms with Gasteiger partial charge in [-0.1, -0.05) is 52.5 Å². The first-order valence-electron chi connectivity index (χ1n) is 18.5. The Bertz CT molecular complexity index is 1670. The number of methoxy groups -OCH3 is 1. The van der Waals surface area contributed by atoms with E-state index in [-0.39, 0.29) is 35.6 Å². The van der Waals surface area contributed by atoms with E-state index in [1.165, 1.54) is 25.4 Å². The molecule has 1 aliphatic carbocycles. The number of likely N-dealkylation sites (N-methyl/N-ethyl adjacent to an activating group) is 1. The molecule has 2 aromatic rings. The molecule has 0 bridgehead atoms. The number of carbonyl (C=O) groups excluding carboxylic acids is 4. The van der Waals surface area contributed by atoms with Crippen molar-refractivity contribution in [2.75, 3.05) is 45.7 Å². The lowest BCUT2D eigenvalue weighted by Crippen LogP contribution is -2.60. The van der Waals surface area contributed by atoms with Gasteiger partial charge in [0.15, 0.2) is 0 Å². The van der Waals surface area contributed by atoms with Crippen molar-refractivity contribution < 1.29 is 37.1 Å². The Morgan fingerprint density at radius 3 is 2.30 bits per heavy atom. The first-order chi connectivity index (χ1) is 25.2. The number of hydrogen-bond donors (Lipinski definition) is 3. The van der Waals surface area contributed by atoms with E-state index >= 15 is 13.2 Å². The molecule has 11 nitrogen and oxygen atoms in total. The van der Waals surface area contributed by atoms with Crippen molar-refractivity contribution in [2.45, 2.75) is 99.6 Å². The Morgan fingerprint density at radius 2 is 1.70 bits per heavy atom. The van der Waals surface area contributed by atoms with Gasteiger partial charge in [0.25, 0.3) is 5.91 Å². The average molecular weight is 761 g/mol. The Kier molecular flexibility index (Phi) is 12.7. The van der Waals surface area contributed by atoms with Crippen LogP contribution in [0.4, 0.5) is 18.9 Å². The number of hydrogen-bond acceptors (Lipinski definition) is 8. The highest BCUT2D eigenvalue weighted by Crippen LogP contribution is 2.60. The minimum atomic E-state index is -3.95. The second-order valence-corrected chi connectivity index (χ2v) is 15.9. The number of nitrogens with zero attached hydrogens (tertiary/aromatic N) is 3. The topological polar surface area (TPSA) is 133 Å². The highest BCUT2D eigenvalue weighted by Gasteiger charge is 2.67. The molecular formula is C38H51F3N6O5S. The van der Waals surface area contributed by atoms with E-state index < -0.39 is 50.7 Å². The molecule has 15 heteroatoms. The SMILES string of the molecule is CCC(=O)N[C@@H](C(=O)N1CCN(C)CC1)[C@@](C)(CC)c1ccc(NC(=O)[C@]2(C3CCCCCC3)SC2NC(=O)C(F)(F)c2cncc(OC)c2)c(F)c1. The van der Waals surface area contributed by atoms with E-state index in [1.54, 1.807) is 17.9 Å². The number of benzene rings is 1. The van der Waals surface area contributed by atoms with Crippen LogP contribution in [0.5, 0.6) is 5.75 Å². The normalized spacial score (nSPS) is 22.9. The number of aromatic nitrogens is 1. The number of amides is 4. The lowest BCUT2D eigenvalue weighted by molar-refractivity contribution is -0.147. The molecule has 2 saturated heterocycles. The van der Waals surface area contributed by atoms with Crippen molar-refractivity contribution >= 4 is 41.1 Å². The molecule has 3 aliphatic rings. The number of anilines is 1. The van der Waals surface area contributed by atoms with Crippen molar-refractivity contribution in [1.82, 2.24) is 25.4 Å². The van der Waals surface area contributed by atoms with E-state index in [0.29, 0.717) is 51.0 Å². The summed E-state index contributed by atoms with van der Waals surface area (Å²) in [5.41, 5.74) is -1.29. The quantitative estimate of drug-likeness (QED) is 0.188. The van der Waals surface area contributed by atoms with Crippen LogP contribution in [-0.2, 0) is 30.5 Å². The third-order valence-electron chi connectivity index (χ3n) is 11.3. The largest absolute Gasteiger partial charge is 0.495 e. The van der Waals surface area contributed by atoms with Gasteiger partial charge in [-0.3, -0.25) is 24.2 Å². The molecule has 0 spiro atoms. The second-order valence-electron chi connectivity index (χ2n) is 14.5. The number of nitrogens with one attached hydrogen (secondary N) is 3. The Balaban J connectivity index is 1.39. The fraction of sp³-hybridized carbons (Fsp3) is 0.605. The molecule has 5 rings (SSSR count). The summed E-state index contributed by atoms with van der Waals surface area (Å²) in [6.45, 7) is 7.79. The first-order valence-corrected chi connectivity index (χ1v) is 19.3. The second kappa shape index (κ2) is 16.7. The first kappa shape index (κ1) is 40.3. The van der Waals surface area contributed by atoms with E-state index in [2.05, 4.69) is 25.8 Å². The summed E-state index contributed by atoms with van der Waals surface area (Å²) in [4.78, 5) is 61.5. The van der Waals surface area contributed by atoms with Gasteiger partial charge in [0, 0.05) is 44.2 Å². The molecule has 3 fully saturated rings. The van der Waals surface area contributed by atoms with E-state index in [1.807, 2.05) is 20.9 Å². The highest BCUT2D eigenvalue weighted by atomic mass is 32.2. The van der Waals surface area contributed by atoms with Gasteiger partial charge in [-0.05, 0) is 56.0 Å². The zero-order chi connectivity index (χ0) is 38.6. The summed E-state index contributed by atoms with van der Waals surface area (Å²) in [5, 5.41) is 7.07. The van der Waals surface area contributed by atoms with Crippen LogP contribution < -0.4 is 20.7 Å². The molecule has 2 aliphatic heterocycles. The van der Waals surface area contributed by atoms with Crippen LogP contribution in [-0.4, -0.2) is 94.9 Å². The molecule has 4 atom stereocenters. The molecule has 3 N–H and O–H groups in total. The summed E-state index contributed by atoms with van der Waals surface area (Å²) >= 11 is 1.09. The van der Waals surface area contributed by atoms with Crippen molar-refractivity contribution in [1.29, 1.82) is 0 Å². The lowest BCUT2D eigenvalue weighted by atomic mass is 9.73. The number of ether oxygens (including phenoxy) is 1. The standard InChI is InChI=1S/C38H51F3N6O5S/c1-6-30(48)44-31(32(49)47-18-16-46(4)17-19-47)36(3,7-2)25-14-15-29(28(39)21-25)43-33(50)37(24-12-10-8-9-11-13-24)35(53-37)45-34(51)38(40,41)26-20-27(52-5)23-42-22-26/h14-15,20-24,31,35H,6-13,16-19H2,1-5H3,(H,43,50)(H,44,48)(H,45,51)/t31-,35?,36-,37-/m0/s1. The maximum atomic E-state index is 16.1. The smallest absolute Gasteiger partial charge is 0.351 e. The van der Waals surface area contributed by atoms with Crippen molar-refractivity contribution in [3.05, 3.63) is 53.6 Å². The van der Waals surface area contributed by atoms with Gasteiger partial charge in [0.1, 0.15) is 27.7 Å². The molecule has 0 radical (unpaired) electrons. The van der Waals surface area contributed by atoms with Crippen LogP contribution in [0.15, 0.2) is 36.7 Å². The highest BCUT2D eigenvalue weighted by molar-refractivity contribution is 8.09. The van der Waals surface area contributed by atoms with E-state index in [0.717, 1.165) is 49.7 Å². The third-order valence-corrected chi connectivity index (χ3v) is 12.9. The molecule has 290 valence electrons. The fourth-order valence-electron chi connectivity index (χ4n) is 7.45. The number of rotatable bonds is 13. The summed E-state index contributed by atoms with van der Waals surface area (Å²) in [7, 11) is 3.28. The van der Waals surface area contributed by atoms with Gasteiger partial charge in [0.2, 0.25) is 17.7 Å². The van der Waals surface area contributed by atoms with Crippen molar-refractivity contribution in [3.63, 3.8) is 0 Å². The number of halogens is 3. The minimum absolute atomic E-state index is 0.0677. The molecule has 4 amide bonds. The van der Waals surface area contributed by atoms with Gasteiger partial charge >= 0.3 is 5.92 Å². The Labute approximate surface area is 313 Å². The fourth-order valence-corrected chi connectivity index (χ4v) is 8.88. The number of alkyl halides is 2. The molecule has 1 aromatic heterocycles. The molecule has 3 heterocycles. The summed E-state index contributed by atoms with van der Waals surface area (Å²) in [6.07, 6.45) is 7.65. The number of piperazine rings is 1. The molecule has 1 unspecified atom stereocenters. The van der Waals surface area contributed by atoms with Crippen LogP contribution in [0.25, 0.3) is 0 Å². The van der Waals surface area contributed by atoms with Gasteiger partial charge in [-0.25, -0.2) is 4.39 Å². The zero-order valence-electron chi connectivity index (χ0n) is 31.1. The maximum Gasteiger partial charge on any atom is 0.351 e. The monoisotopic (exact) mass is 760 g/mol. The van der Waals surface area contributed by atoms with Crippen LogP contribution in [0.1, 0.15) is 83.3 Å². The number of pyridine rings is 1. The summed E-state index contributed by atoms with van der Waals surface area (Å²) < 4.78 is 50.6. The predicted octanol–water partition coefficient (Wildman–Crippen LogP) is 5.19. The number of carbonyl (C=O) groups is 4. The van der Waals surface area contributed by atoms with Crippen LogP contribution in [0, 0.1) is 11.7 Å². The van der Waals surface area contributed by atoms with Crippen molar-refractivity contribution in [2.24, 2.45) is 5.92 Å². The van der Waals surface area contributed by atoms with Gasteiger partial charge in [-0.15, -0.1) is 11.8 Å². The van der Waals surface area contributed by atoms with E-state index in [4.69, 9.17) is 4.74 Å². The lowest BCUT2D eigenvalue weighted by Gasteiger charge is -2.41. The van der Waals surface area contributed by atoms with Crippen LogP contribution in [0.2, 0.25) is 0 Å². The Morgan fingerprint density at radius 1 is 1.02 bits per heavy atom. The van der Waals surface area contributed by atoms with Crippen LogP contribution >= 0.6 is 11.8 Å². The van der Waals surface area contributed by atoms with Crippen molar-refractivity contribution in [3.8, 4) is 5.75 Å². The average Bonchev–Trinajstić information content (AvgIpc) is 3.94. The van der Waals surface area contributed by atoms with Gasteiger partial charge < -0.3 is 30.5 Å². The number of thioether (sulfide) groups is 1. The zero-order valence-corrected chi connectivity index (χ0v) is 31.9. The molecular weight excluding hydrogens is 710 g/mol. The minimum Gasteiger partial charge on any atom is -0.495 e. The molecule has 1 saturated carbocycles. The summed E-state index contributed by atoms with van der Waals surface area (Å²) in [5.74, 6) is -7.55. The van der Waals surface area contributed by atoms with Crippen LogP contribution in [0.3, 0.4) is 0 Å². The Hall–Kier alpha value is -3.85.